The Bertz CT molecular complexity index is 453. The van der Waals surface area contributed by atoms with Crippen molar-refractivity contribution in [1.29, 1.82) is 0 Å². The van der Waals surface area contributed by atoms with Gasteiger partial charge in [0.25, 0.3) is 0 Å². The van der Waals surface area contributed by atoms with Gasteiger partial charge in [0.05, 0.1) is 12.3 Å². The Morgan fingerprint density at radius 3 is 2.67 bits per heavy atom. The highest BCUT2D eigenvalue weighted by atomic mass is 16.5. The molecule has 4 heteroatoms. The second-order valence-electron chi connectivity index (χ2n) is 7.02. The average Bonchev–Trinajstić information content (AvgIpc) is 2.46. The van der Waals surface area contributed by atoms with Crippen LogP contribution in [-0.2, 0) is 0 Å². The summed E-state index contributed by atoms with van der Waals surface area (Å²) in [6, 6.07) is 3.80. The smallest absolute Gasteiger partial charge is 0.239 e. The molecule has 1 aromatic heterocycles. The third-order valence-electron chi connectivity index (χ3n) is 4.20. The molecule has 4 nitrogen and oxygen atoms in total. The van der Waals surface area contributed by atoms with Crippen LogP contribution >= 0.6 is 0 Å². The van der Waals surface area contributed by atoms with Crippen LogP contribution in [0.4, 0.5) is 11.5 Å². The zero-order valence-electron chi connectivity index (χ0n) is 13.6. The molecule has 3 N–H and O–H groups in total. The van der Waals surface area contributed by atoms with Crippen molar-refractivity contribution in [3.8, 4) is 5.88 Å². The van der Waals surface area contributed by atoms with Crippen molar-refractivity contribution < 1.29 is 4.74 Å². The molecule has 1 saturated carbocycles. The number of pyridine rings is 1. The van der Waals surface area contributed by atoms with Crippen LogP contribution in [0.1, 0.15) is 52.9 Å². The van der Waals surface area contributed by atoms with Crippen LogP contribution in [-0.4, -0.2) is 18.1 Å². The summed E-state index contributed by atoms with van der Waals surface area (Å²) in [6.45, 7) is 8.20. The summed E-state index contributed by atoms with van der Waals surface area (Å²) in [5.74, 6) is 1.86. The average molecular weight is 291 g/mol. The molecule has 0 saturated heterocycles. The quantitative estimate of drug-likeness (QED) is 0.829. The Morgan fingerprint density at radius 1 is 1.29 bits per heavy atom. The van der Waals surface area contributed by atoms with Crippen LogP contribution in [0.3, 0.4) is 0 Å². The van der Waals surface area contributed by atoms with E-state index in [4.69, 9.17) is 10.5 Å². The minimum atomic E-state index is 0.389. The Morgan fingerprint density at radius 2 is 2.00 bits per heavy atom. The van der Waals surface area contributed by atoms with Crippen LogP contribution in [0.25, 0.3) is 0 Å². The maximum Gasteiger partial charge on any atom is 0.239 e. The van der Waals surface area contributed by atoms with Crippen LogP contribution in [0.2, 0.25) is 0 Å². The van der Waals surface area contributed by atoms with Gasteiger partial charge in [0.1, 0.15) is 5.82 Å². The SMILES string of the molecule is CC(C)COc1nc(NCC2(C)CCCCC2)ccc1N. The van der Waals surface area contributed by atoms with Crippen molar-refractivity contribution in [2.45, 2.75) is 52.9 Å². The van der Waals surface area contributed by atoms with Crippen LogP contribution in [0.15, 0.2) is 12.1 Å². The predicted molar refractivity (Wildman–Crippen MR) is 88.7 cm³/mol. The van der Waals surface area contributed by atoms with Gasteiger partial charge in [-0.1, -0.05) is 40.0 Å². The van der Waals surface area contributed by atoms with Crippen molar-refractivity contribution in [3.05, 3.63) is 12.1 Å². The first-order valence-corrected chi connectivity index (χ1v) is 8.12. The lowest BCUT2D eigenvalue weighted by Crippen LogP contribution is -2.29. The number of ether oxygens (including phenoxy) is 1. The van der Waals surface area contributed by atoms with E-state index < -0.39 is 0 Å². The van der Waals surface area contributed by atoms with Gasteiger partial charge < -0.3 is 15.8 Å². The van der Waals surface area contributed by atoms with Crippen LogP contribution < -0.4 is 15.8 Å². The zero-order valence-corrected chi connectivity index (χ0v) is 13.6. The second-order valence-corrected chi connectivity index (χ2v) is 7.02. The Labute approximate surface area is 128 Å². The van der Waals surface area contributed by atoms with Gasteiger partial charge in [-0.15, -0.1) is 0 Å². The van der Waals surface area contributed by atoms with Gasteiger partial charge in [-0.2, -0.15) is 4.98 Å². The van der Waals surface area contributed by atoms with E-state index in [0.717, 1.165) is 12.4 Å². The summed E-state index contributed by atoms with van der Waals surface area (Å²) in [7, 11) is 0. The molecule has 1 aromatic rings. The fourth-order valence-corrected chi connectivity index (χ4v) is 2.80. The van der Waals surface area contributed by atoms with Gasteiger partial charge >= 0.3 is 0 Å². The molecule has 1 heterocycles. The van der Waals surface area contributed by atoms with Gasteiger partial charge in [-0.3, -0.25) is 0 Å². The fourth-order valence-electron chi connectivity index (χ4n) is 2.80. The van der Waals surface area contributed by atoms with Gasteiger partial charge in [0, 0.05) is 6.54 Å². The van der Waals surface area contributed by atoms with Crippen molar-refractivity contribution in [1.82, 2.24) is 4.98 Å². The molecule has 1 aliphatic carbocycles. The molecule has 1 aliphatic rings. The Balaban J connectivity index is 1.95. The van der Waals surface area contributed by atoms with E-state index in [0.29, 0.717) is 29.5 Å². The molecule has 21 heavy (non-hydrogen) atoms. The van der Waals surface area contributed by atoms with Crippen molar-refractivity contribution in [2.24, 2.45) is 11.3 Å². The number of nitrogens with zero attached hydrogens (tertiary/aromatic N) is 1. The van der Waals surface area contributed by atoms with Crippen molar-refractivity contribution in [2.75, 3.05) is 24.2 Å². The van der Waals surface area contributed by atoms with Crippen molar-refractivity contribution >= 4 is 11.5 Å². The standard InChI is InChI=1S/C17H29N3O/c1-13(2)11-21-16-14(18)7-8-15(20-16)19-12-17(3)9-5-4-6-10-17/h7-8,13H,4-6,9-12,18H2,1-3H3,(H,19,20). The van der Waals surface area contributed by atoms with E-state index in [-0.39, 0.29) is 0 Å². The molecule has 0 bridgehead atoms. The molecule has 1 fully saturated rings. The highest BCUT2D eigenvalue weighted by molar-refractivity contribution is 5.53. The zero-order chi connectivity index (χ0) is 15.3. The lowest BCUT2D eigenvalue weighted by Gasteiger charge is -2.33. The predicted octanol–water partition coefficient (Wildman–Crippen LogP) is 4.08. The second kappa shape index (κ2) is 7.01. The van der Waals surface area contributed by atoms with E-state index in [1.165, 1.54) is 32.1 Å². The van der Waals surface area contributed by atoms with Gasteiger partial charge in [-0.05, 0) is 36.3 Å². The lowest BCUT2D eigenvalue weighted by atomic mass is 9.76. The van der Waals surface area contributed by atoms with Crippen LogP contribution in [0, 0.1) is 11.3 Å². The third kappa shape index (κ3) is 4.80. The number of hydrogen-bond donors (Lipinski definition) is 2. The summed E-state index contributed by atoms with van der Waals surface area (Å²) in [4.78, 5) is 4.50. The van der Waals surface area contributed by atoms with Crippen LogP contribution in [0.5, 0.6) is 5.88 Å². The monoisotopic (exact) mass is 291 g/mol. The largest absolute Gasteiger partial charge is 0.476 e. The number of rotatable bonds is 6. The first-order valence-electron chi connectivity index (χ1n) is 8.12. The summed E-state index contributed by atoms with van der Waals surface area (Å²) in [5.41, 5.74) is 6.92. The number of nitrogen functional groups attached to an aromatic ring is 1. The number of anilines is 2. The summed E-state index contributed by atoms with van der Waals surface area (Å²) < 4.78 is 5.68. The molecule has 0 atom stereocenters. The number of aromatic nitrogens is 1. The van der Waals surface area contributed by atoms with E-state index in [1.807, 2.05) is 12.1 Å². The van der Waals surface area contributed by atoms with E-state index in [2.05, 4.69) is 31.1 Å². The Kier molecular flexibility index (Phi) is 5.32. The lowest BCUT2D eigenvalue weighted by molar-refractivity contribution is 0.233. The summed E-state index contributed by atoms with van der Waals surface area (Å²) in [5, 5.41) is 3.46. The molecular weight excluding hydrogens is 262 g/mol. The first kappa shape index (κ1) is 15.9. The molecule has 118 valence electrons. The topological polar surface area (TPSA) is 60.2 Å². The maximum atomic E-state index is 5.93. The third-order valence-corrected chi connectivity index (χ3v) is 4.20. The van der Waals surface area contributed by atoms with Gasteiger partial charge in [0.15, 0.2) is 0 Å². The van der Waals surface area contributed by atoms with E-state index in [1.54, 1.807) is 0 Å². The molecular formula is C17H29N3O. The normalized spacial score (nSPS) is 17.7. The minimum Gasteiger partial charge on any atom is -0.476 e. The highest BCUT2D eigenvalue weighted by Crippen LogP contribution is 2.35. The minimum absolute atomic E-state index is 0.389. The molecule has 0 aliphatic heterocycles. The summed E-state index contributed by atoms with van der Waals surface area (Å²) >= 11 is 0. The molecule has 0 amide bonds. The maximum absolute atomic E-state index is 5.93. The molecule has 0 spiro atoms. The summed E-state index contributed by atoms with van der Waals surface area (Å²) in [6.07, 6.45) is 6.66. The number of nitrogens with two attached hydrogens (primary N) is 1. The molecule has 0 unspecified atom stereocenters. The highest BCUT2D eigenvalue weighted by Gasteiger charge is 2.26. The first-order chi connectivity index (χ1) is 9.98. The molecule has 0 aromatic carbocycles. The molecule has 2 rings (SSSR count). The molecule has 0 radical (unpaired) electrons. The Hall–Kier alpha value is -1.45. The van der Waals surface area contributed by atoms with Gasteiger partial charge in [-0.25, -0.2) is 0 Å². The van der Waals surface area contributed by atoms with E-state index >= 15 is 0 Å². The van der Waals surface area contributed by atoms with Gasteiger partial charge in [0.2, 0.25) is 5.88 Å². The number of hydrogen-bond acceptors (Lipinski definition) is 4. The van der Waals surface area contributed by atoms with Crippen molar-refractivity contribution in [3.63, 3.8) is 0 Å². The fraction of sp³-hybridized carbons (Fsp3) is 0.706. The van der Waals surface area contributed by atoms with E-state index in [9.17, 15) is 0 Å². The number of nitrogens with one attached hydrogen (secondary N) is 1.